The van der Waals surface area contributed by atoms with E-state index in [1.807, 2.05) is 63.7 Å². The second kappa shape index (κ2) is 11.1. The lowest BCUT2D eigenvalue weighted by molar-refractivity contribution is 0.0474. The molecule has 0 unspecified atom stereocenters. The van der Waals surface area contributed by atoms with E-state index in [9.17, 15) is 4.79 Å². The Morgan fingerprint density at radius 1 is 1.20 bits per heavy atom. The van der Waals surface area contributed by atoms with E-state index in [1.54, 1.807) is 19.6 Å². The van der Waals surface area contributed by atoms with Crippen LogP contribution in [0.2, 0.25) is 0 Å². The number of amides is 1. The minimum absolute atomic E-state index is 0. The maximum atomic E-state index is 12.0. The average Bonchev–Trinajstić information content (AvgIpc) is 3.14. The number of nitrogens with one attached hydrogen (secondary N) is 3. The molecule has 9 nitrogen and oxygen atoms in total. The number of alkyl carbamates (subject to hydrolysis) is 1. The molecule has 0 aliphatic carbocycles. The van der Waals surface area contributed by atoms with Gasteiger partial charge in [-0.05, 0) is 46.2 Å². The highest BCUT2D eigenvalue weighted by Gasteiger charge is 2.24. The first-order valence-corrected chi connectivity index (χ1v) is 9.47. The van der Waals surface area contributed by atoms with Gasteiger partial charge in [0, 0.05) is 38.7 Å². The molecule has 0 atom stereocenters. The van der Waals surface area contributed by atoms with Gasteiger partial charge < -0.3 is 20.7 Å². The van der Waals surface area contributed by atoms with Crippen LogP contribution in [-0.4, -0.2) is 51.3 Å². The van der Waals surface area contributed by atoms with E-state index < -0.39 is 17.2 Å². The van der Waals surface area contributed by atoms with E-state index in [2.05, 4.69) is 30.9 Å². The minimum Gasteiger partial charge on any atom is -0.444 e. The third-order valence-electron chi connectivity index (χ3n) is 3.80. The van der Waals surface area contributed by atoms with Crippen molar-refractivity contribution >= 4 is 36.0 Å². The number of aliphatic imine (C=N–C) groups is 1. The zero-order chi connectivity index (χ0) is 21.5. The number of hydrogen-bond acceptors (Lipinski definition) is 5. The van der Waals surface area contributed by atoms with Crippen LogP contribution in [0.15, 0.2) is 42.0 Å². The van der Waals surface area contributed by atoms with Gasteiger partial charge in [-0.25, -0.2) is 14.8 Å². The molecule has 0 aliphatic rings. The molecule has 0 bridgehead atoms. The molecule has 0 radical (unpaired) electrons. The maximum absolute atomic E-state index is 12.0. The molecule has 0 aromatic carbocycles. The molecule has 0 spiro atoms. The Morgan fingerprint density at radius 2 is 1.93 bits per heavy atom. The first-order chi connectivity index (χ1) is 13.6. The van der Waals surface area contributed by atoms with Gasteiger partial charge in [-0.3, -0.25) is 9.56 Å². The summed E-state index contributed by atoms with van der Waals surface area (Å²) < 4.78 is 7.16. The number of hydrogen-bond donors (Lipinski definition) is 3. The maximum Gasteiger partial charge on any atom is 0.408 e. The molecule has 2 rings (SSSR count). The Morgan fingerprint density at radius 3 is 2.47 bits per heavy atom. The summed E-state index contributed by atoms with van der Waals surface area (Å²) in [6.07, 6.45) is 6.63. The van der Waals surface area contributed by atoms with Crippen molar-refractivity contribution in [2.75, 3.05) is 13.6 Å². The molecule has 0 saturated heterocycles. The quantitative estimate of drug-likeness (QED) is 0.302. The van der Waals surface area contributed by atoms with Crippen LogP contribution >= 0.6 is 24.0 Å². The fourth-order valence-electron chi connectivity index (χ4n) is 2.40. The number of nitrogens with zero attached hydrogens (tertiary/aromatic N) is 4. The van der Waals surface area contributed by atoms with Gasteiger partial charge in [0.2, 0.25) is 0 Å². The number of ether oxygens (including phenoxy) is 1. The van der Waals surface area contributed by atoms with E-state index in [0.29, 0.717) is 19.0 Å². The molecule has 2 heterocycles. The van der Waals surface area contributed by atoms with Gasteiger partial charge in [-0.15, -0.1) is 24.0 Å². The van der Waals surface area contributed by atoms with Gasteiger partial charge in [0.25, 0.3) is 0 Å². The SMILES string of the molecule is CN=C(NCc1ccc(-n2ccnc2)nc1)NCC(C)(C)NC(=O)OC(C)(C)C.I. The molecule has 30 heavy (non-hydrogen) atoms. The second-order valence-electron chi connectivity index (χ2n) is 8.28. The van der Waals surface area contributed by atoms with Gasteiger partial charge in [-0.2, -0.15) is 0 Å². The highest BCUT2D eigenvalue weighted by atomic mass is 127. The smallest absolute Gasteiger partial charge is 0.408 e. The van der Waals surface area contributed by atoms with E-state index >= 15 is 0 Å². The molecule has 3 N–H and O–H groups in total. The van der Waals surface area contributed by atoms with E-state index in [4.69, 9.17) is 4.74 Å². The third-order valence-corrected chi connectivity index (χ3v) is 3.80. The normalized spacial score (nSPS) is 12.0. The van der Waals surface area contributed by atoms with Gasteiger partial charge >= 0.3 is 6.09 Å². The molecule has 0 saturated carbocycles. The summed E-state index contributed by atoms with van der Waals surface area (Å²) >= 11 is 0. The van der Waals surface area contributed by atoms with Crippen molar-refractivity contribution in [3.63, 3.8) is 0 Å². The van der Waals surface area contributed by atoms with Gasteiger partial charge in [0.1, 0.15) is 17.7 Å². The van der Waals surface area contributed by atoms with Crippen LogP contribution in [0.25, 0.3) is 5.82 Å². The summed E-state index contributed by atoms with van der Waals surface area (Å²) in [5, 5.41) is 9.32. The average molecular weight is 529 g/mol. The molecule has 1 amide bonds. The summed E-state index contributed by atoms with van der Waals surface area (Å²) in [5.74, 6) is 1.44. The summed E-state index contributed by atoms with van der Waals surface area (Å²) in [4.78, 5) is 24.7. The molecule has 0 aliphatic heterocycles. The third kappa shape index (κ3) is 8.97. The van der Waals surface area contributed by atoms with Crippen LogP contribution < -0.4 is 16.0 Å². The Bertz CT molecular complexity index is 813. The fourth-order valence-corrected chi connectivity index (χ4v) is 2.40. The van der Waals surface area contributed by atoms with E-state index in [-0.39, 0.29) is 24.0 Å². The molecule has 2 aromatic rings. The van der Waals surface area contributed by atoms with Crippen LogP contribution in [-0.2, 0) is 11.3 Å². The number of aromatic nitrogens is 3. The number of imidazole rings is 1. The number of halogens is 1. The highest BCUT2D eigenvalue weighted by molar-refractivity contribution is 14.0. The van der Waals surface area contributed by atoms with Crippen LogP contribution in [0.5, 0.6) is 0 Å². The number of rotatable bonds is 6. The Hall–Kier alpha value is -2.37. The van der Waals surface area contributed by atoms with Crippen molar-refractivity contribution in [1.29, 1.82) is 0 Å². The first-order valence-electron chi connectivity index (χ1n) is 9.47. The molecule has 10 heteroatoms. The zero-order valence-electron chi connectivity index (χ0n) is 18.4. The van der Waals surface area contributed by atoms with Crippen LogP contribution in [0.3, 0.4) is 0 Å². The molecule has 2 aromatic heterocycles. The predicted molar refractivity (Wildman–Crippen MR) is 128 cm³/mol. The molecule has 166 valence electrons. The summed E-state index contributed by atoms with van der Waals surface area (Å²) in [5.41, 5.74) is -0.0383. The summed E-state index contributed by atoms with van der Waals surface area (Å²) in [7, 11) is 1.70. The lowest BCUT2D eigenvalue weighted by Gasteiger charge is -2.29. The van der Waals surface area contributed by atoms with Crippen LogP contribution in [0, 0.1) is 0 Å². The zero-order valence-corrected chi connectivity index (χ0v) is 20.7. The second-order valence-corrected chi connectivity index (χ2v) is 8.28. The number of guanidine groups is 1. The van der Waals surface area contributed by atoms with Crippen LogP contribution in [0.4, 0.5) is 4.79 Å². The largest absolute Gasteiger partial charge is 0.444 e. The fraction of sp³-hybridized carbons (Fsp3) is 0.500. The van der Waals surface area contributed by atoms with Crippen molar-refractivity contribution < 1.29 is 9.53 Å². The van der Waals surface area contributed by atoms with Crippen molar-refractivity contribution in [1.82, 2.24) is 30.5 Å². The Kier molecular flexibility index (Phi) is 9.53. The van der Waals surface area contributed by atoms with Crippen molar-refractivity contribution in [3.8, 4) is 5.82 Å². The van der Waals surface area contributed by atoms with E-state index in [0.717, 1.165) is 11.4 Å². The topological polar surface area (TPSA) is 105 Å². The molecular weight excluding hydrogens is 497 g/mol. The van der Waals surface area contributed by atoms with Crippen molar-refractivity contribution in [2.45, 2.75) is 52.3 Å². The minimum atomic E-state index is -0.535. The van der Waals surface area contributed by atoms with Crippen LogP contribution in [0.1, 0.15) is 40.2 Å². The Balaban J connectivity index is 0.00000450. The van der Waals surface area contributed by atoms with Gasteiger partial charge in [-0.1, -0.05) is 6.07 Å². The van der Waals surface area contributed by atoms with E-state index in [1.165, 1.54) is 0 Å². The lowest BCUT2D eigenvalue weighted by atomic mass is 10.1. The number of pyridine rings is 1. The highest BCUT2D eigenvalue weighted by Crippen LogP contribution is 2.09. The van der Waals surface area contributed by atoms with Gasteiger partial charge in [0.15, 0.2) is 5.96 Å². The van der Waals surface area contributed by atoms with Crippen molar-refractivity contribution in [3.05, 3.63) is 42.6 Å². The number of carbonyl (C=O) groups excluding carboxylic acids is 1. The predicted octanol–water partition coefficient (Wildman–Crippen LogP) is 2.85. The summed E-state index contributed by atoms with van der Waals surface area (Å²) in [6, 6.07) is 3.93. The number of carbonyl (C=O) groups is 1. The first kappa shape index (κ1) is 25.7. The monoisotopic (exact) mass is 529 g/mol. The van der Waals surface area contributed by atoms with Gasteiger partial charge in [0.05, 0.1) is 5.54 Å². The lowest BCUT2D eigenvalue weighted by Crippen LogP contribution is -2.54. The Labute approximate surface area is 195 Å². The molecule has 0 fully saturated rings. The summed E-state index contributed by atoms with van der Waals surface area (Å²) in [6.45, 7) is 10.4. The standard InChI is InChI=1S/C20H31N7O2.HI/c1-19(2,3)29-18(28)26-20(4,5)13-25-17(21-6)24-12-15-7-8-16(23-11-15)27-10-9-22-14-27;/h7-11,14H,12-13H2,1-6H3,(H,26,28)(H2,21,24,25);1H. The van der Waals surface area contributed by atoms with Crippen molar-refractivity contribution in [2.24, 2.45) is 4.99 Å². The molecular formula is C20H32IN7O2.